The van der Waals surface area contributed by atoms with Crippen molar-refractivity contribution in [1.82, 2.24) is 0 Å². The van der Waals surface area contributed by atoms with Gasteiger partial charge in [-0.3, -0.25) is 0 Å². The summed E-state index contributed by atoms with van der Waals surface area (Å²) in [6, 6.07) is 6.39. The van der Waals surface area contributed by atoms with Gasteiger partial charge < -0.3 is 4.55 Å². The third-order valence-corrected chi connectivity index (χ3v) is 4.34. The Bertz CT molecular complexity index is 486. The van der Waals surface area contributed by atoms with E-state index in [9.17, 15) is 13.0 Å². The number of aryl methyl sites for hydroxylation is 1. The van der Waals surface area contributed by atoms with Crippen LogP contribution >= 0.6 is 0 Å². The van der Waals surface area contributed by atoms with Crippen LogP contribution in [0.25, 0.3) is 0 Å². The van der Waals surface area contributed by atoms with E-state index in [1.807, 2.05) is 6.07 Å². The molecule has 114 valence electrons. The van der Waals surface area contributed by atoms with Gasteiger partial charge in [0.05, 0.1) is 4.90 Å². The van der Waals surface area contributed by atoms with Gasteiger partial charge in [0, 0.05) is 0 Å². The number of rotatable bonds is 10. The summed E-state index contributed by atoms with van der Waals surface area (Å²) < 4.78 is 32.8. The van der Waals surface area contributed by atoms with Crippen molar-refractivity contribution in [3.05, 3.63) is 29.8 Å². The van der Waals surface area contributed by atoms with Crippen LogP contribution in [0, 0.1) is 0 Å². The van der Waals surface area contributed by atoms with Gasteiger partial charge in [0.15, 0.2) is 0 Å². The fourth-order valence-corrected chi connectivity index (χ4v) is 2.86. The molecule has 1 aromatic carbocycles. The first-order valence-corrected chi connectivity index (χ1v) is 8.99. The Balaban J connectivity index is 0.00000400. The van der Waals surface area contributed by atoms with Crippen molar-refractivity contribution in [3.8, 4) is 0 Å². The van der Waals surface area contributed by atoms with Crippen LogP contribution in [0.1, 0.15) is 63.9 Å². The van der Waals surface area contributed by atoms with Crippen LogP contribution in [0.3, 0.4) is 0 Å². The van der Waals surface area contributed by atoms with Gasteiger partial charge in [-0.2, -0.15) is 0 Å². The predicted molar refractivity (Wildman–Crippen MR) is 80.7 cm³/mol. The van der Waals surface area contributed by atoms with E-state index in [4.69, 9.17) is 0 Å². The van der Waals surface area contributed by atoms with Crippen molar-refractivity contribution >= 4 is 10.1 Å². The fraction of sp³-hybridized carbons (Fsp3) is 0.625. The zero-order valence-electron chi connectivity index (χ0n) is 13.3. The van der Waals surface area contributed by atoms with E-state index in [-0.39, 0.29) is 34.5 Å². The van der Waals surface area contributed by atoms with Crippen LogP contribution in [0.2, 0.25) is 0 Å². The molecule has 0 fully saturated rings. The number of benzene rings is 1. The molecule has 0 N–H and O–H groups in total. The quantitative estimate of drug-likeness (QED) is 0.371. The number of hydrogen-bond donors (Lipinski definition) is 0. The van der Waals surface area contributed by atoms with Gasteiger partial charge in [-0.25, -0.2) is 8.42 Å². The molecule has 0 spiro atoms. The van der Waals surface area contributed by atoms with E-state index >= 15 is 0 Å². The summed E-state index contributed by atoms with van der Waals surface area (Å²) in [6.45, 7) is 2.22. The molecule has 5 heteroatoms. The maximum atomic E-state index is 10.9. The zero-order chi connectivity index (χ0) is 14.8. The van der Waals surface area contributed by atoms with Crippen molar-refractivity contribution in [2.45, 2.75) is 69.6 Å². The molecule has 1 aromatic rings. The van der Waals surface area contributed by atoms with Crippen molar-refractivity contribution in [2.24, 2.45) is 0 Å². The first-order chi connectivity index (χ1) is 9.54. The summed E-state index contributed by atoms with van der Waals surface area (Å²) in [5.41, 5.74) is 0.938. The third kappa shape index (κ3) is 9.69. The zero-order valence-corrected chi connectivity index (χ0v) is 16.1. The van der Waals surface area contributed by atoms with Crippen molar-refractivity contribution in [1.29, 1.82) is 0 Å². The SMILES string of the molecule is CCCCCCCCCCc1cccc(S(=O)(=O)[O-])c1.[Na+]. The molecule has 0 saturated carbocycles. The minimum atomic E-state index is -4.32. The number of unbranched alkanes of at least 4 members (excludes halogenated alkanes) is 7. The first-order valence-electron chi connectivity index (χ1n) is 7.59. The average Bonchev–Trinajstić information content (AvgIpc) is 2.41. The maximum absolute atomic E-state index is 10.9. The van der Waals surface area contributed by atoms with E-state index in [1.54, 1.807) is 6.07 Å². The molecule has 21 heavy (non-hydrogen) atoms. The molecular weight excluding hydrogens is 295 g/mol. The normalized spacial score (nSPS) is 11.1. The molecule has 0 amide bonds. The molecule has 0 saturated heterocycles. The van der Waals surface area contributed by atoms with Gasteiger partial charge in [-0.1, -0.05) is 64.0 Å². The Morgan fingerprint density at radius 2 is 1.52 bits per heavy atom. The molecule has 0 unspecified atom stereocenters. The number of hydrogen-bond acceptors (Lipinski definition) is 3. The Kier molecular flexibility index (Phi) is 11.7. The Morgan fingerprint density at radius 3 is 2.10 bits per heavy atom. The topological polar surface area (TPSA) is 57.2 Å². The molecule has 0 aromatic heterocycles. The molecule has 0 aliphatic heterocycles. The summed E-state index contributed by atoms with van der Waals surface area (Å²) in [5, 5.41) is 0. The van der Waals surface area contributed by atoms with Crippen LogP contribution < -0.4 is 29.6 Å². The summed E-state index contributed by atoms with van der Waals surface area (Å²) in [5.74, 6) is 0. The van der Waals surface area contributed by atoms with E-state index < -0.39 is 10.1 Å². The molecular formula is C16H25NaO3S. The average molecular weight is 320 g/mol. The van der Waals surface area contributed by atoms with Gasteiger partial charge in [-0.15, -0.1) is 0 Å². The monoisotopic (exact) mass is 320 g/mol. The van der Waals surface area contributed by atoms with E-state index in [1.165, 1.54) is 57.1 Å². The molecule has 0 bridgehead atoms. The molecule has 0 atom stereocenters. The van der Waals surface area contributed by atoms with E-state index in [2.05, 4.69) is 6.92 Å². The predicted octanol–water partition coefficient (Wildman–Crippen LogP) is 1.28. The van der Waals surface area contributed by atoms with Crippen molar-refractivity contribution in [2.75, 3.05) is 0 Å². The van der Waals surface area contributed by atoms with Crippen molar-refractivity contribution in [3.63, 3.8) is 0 Å². The molecule has 0 heterocycles. The maximum Gasteiger partial charge on any atom is 1.00 e. The van der Waals surface area contributed by atoms with Crippen LogP contribution in [-0.4, -0.2) is 13.0 Å². The molecule has 0 aliphatic carbocycles. The molecule has 0 radical (unpaired) electrons. The van der Waals surface area contributed by atoms with Crippen molar-refractivity contribution < 1.29 is 42.5 Å². The fourth-order valence-electron chi connectivity index (χ4n) is 2.32. The molecule has 0 aliphatic rings. The van der Waals surface area contributed by atoms with E-state index in [0.29, 0.717) is 0 Å². The Hall–Kier alpha value is 0.130. The third-order valence-electron chi connectivity index (χ3n) is 3.51. The van der Waals surface area contributed by atoms with Crippen LogP contribution in [0.5, 0.6) is 0 Å². The second kappa shape index (κ2) is 11.7. The minimum absolute atomic E-state index is 0. The molecule has 3 nitrogen and oxygen atoms in total. The Morgan fingerprint density at radius 1 is 0.952 bits per heavy atom. The van der Waals surface area contributed by atoms with Gasteiger partial charge in [0.1, 0.15) is 10.1 Å². The second-order valence-corrected chi connectivity index (χ2v) is 6.71. The summed E-state index contributed by atoms with van der Waals surface area (Å²) in [7, 11) is -4.32. The summed E-state index contributed by atoms with van der Waals surface area (Å²) >= 11 is 0. The van der Waals surface area contributed by atoms with Gasteiger partial charge in [0.2, 0.25) is 0 Å². The minimum Gasteiger partial charge on any atom is -0.744 e. The van der Waals surface area contributed by atoms with E-state index in [0.717, 1.165) is 18.4 Å². The van der Waals surface area contributed by atoms with Crippen LogP contribution in [0.4, 0.5) is 0 Å². The summed E-state index contributed by atoms with van der Waals surface area (Å²) in [6.07, 6.45) is 10.8. The second-order valence-electron chi connectivity index (χ2n) is 5.33. The largest absolute Gasteiger partial charge is 1.00 e. The van der Waals surface area contributed by atoms with Gasteiger partial charge in [0.25, 0.3) is 0 Å². The smallest absolute Gasteiger partial charge is 0.744 e. The standard InChI is InChI=1S/C16H26O3S.Na/c1-2-3-4-5-6-7-8-9-11-15-12-10-13-16(14-15)20(17,18)19;/h10,12-14H,2-9,11H2,1H3,(H,17,18,19);/q;+1/p-1. The van der Waals surface area contributed by atoms with Gasteiger partial charge in [-0.05, 0) is 30.5 Å². The Labute approximate surface area is 151 Å². The molecule has 1 rings (SSSR count). The van der Waals surface area contributed by atoms with Crippen LogP contribution in [0.15, 0.2) is 29.2 Å². The van der Waals surface area contributed by atoms with Crippen LogP contribution in [-0.2, 0) is 16.5 Å². The first kappa shape index (κ1) is 21.1. The van der Waals surface area contributed by atoms with Gasteiger partial charge >= 0.3 is 29.6 Å². The summed E-state index contributed by atoms with van der Waals surface area (Å²) in [4.78, 5) is -0.116.